The van der Waals surface area contributed by atoms with Gasteiger partial charge in [0.05, 0.1) is 12.8 Å². The molecule has 6 heteroatoms. The molecule has 1 N–H and O–H groups in total. The third-order valence-corrected chi connectivity index (χ3v) is 6.25. The van der Waals surface area contributed by atoms with E-state index in [-0.39, 0.29) is 5.91 Å². The Morgan fingerprint density at radius 2 is 2.04 bits per heavy atom. The number of carbonyl (C=O) groups excluding carboxylic acids is 1. The lowest BCUT2D eigenvalue weighted by Crippen LogP contribution is -2.51. The molecule has 150 valence electrons. The van der Waals surface area contributed by atoms with Crippen molar-refractivity contribution in [3.63, 3.8) is 0 Å². The summed E-state index contributed by atoms with van der Waals surface area (Å²) in [6, 6.07) is 10.2. The molecule has 28 heavy (non-hydrogen) atoms. The number of nitrogens with one attached hydrogen (secondary N) is 1. The predicted octanol–water partition coefficient (Wildman–Crippen LogP) is 3.09. The second kappa shape index (κ2) is 8.35. The fourth-order valence-corrected chi connectivity index (χ4v) is 4.80. The van der Waals surface area contributed by atoms with E-state index in [1.165, 1.54) is 45.2 Å². The molecule has 0 unspecified atom stereocenters. The predicted molar refractivity (Wildman–Crippen MR) is 109 cm³/mol. The first-order valence-corrected chi connectivity index (χ1v) is 10.4. The van der Waals surface area contributed by atoms with Crippen molar-refractivity contribution in [2.24, 2.45) is 13.0 Å². The van der Waals surface area contributed by atoms with E-state index in [4.69, 9.17) is 4.74 Å². The molecule has 2 aromatic rings. The maximum absolute atomic E-state index is 12.9. The number of aryl methyl sites for hydroxylation is 1. The Morgan fingerprint density at radius 3 is 2.89 bits per heavy atom. The number of rotatable bonds is 5. The van der Waals surface area contributed by atoms with Crippen molar-refractivity contribution >= 4 is 5.91 Å². The van der Waals surface area contributed by atoms with Crippen LogP contribution in [0.3, 0.4) is 0 Å². The van der Waals surface area contributed by atoms with Crippen LogP contribution in [-0.4, -0.2) is 53.4 Å². The summed E-state index contributed by atoms with van der Waals surface area (Å²) in [7, 11) is 3.46. The number of carbonyl (C=O) groups is 1. The molecule has 0 bridgehead atoms. The summed E-state index contributed by atoms with van der Waals surface area (Å²) >= 11 is 0. The minimum atomic E-state index is -0.0518. The van der Waals surface area contributed by atoms with Crippen LogP contribution >= 0.6 is 0 Å². The fourth-order valence-electron chi connectivity index (χ4n) is 4.80. The molecule has 2 saturated heterocycles. The van der Waals surface area contributed by atoms with E-state index in [1.807, 2.05) is 37.4 Å². The van der Waals surface area contributed by atoms with Gasteiger partial charge in [-0.2, -0.15) is 5.10 Å². The van der Waals surface area contributed by atoms with Crippen LogP contribution in [0.1, 0.15) is 42.6 Å². The monoisotopic (exact) mass is 382 g/mol. The fraction of sp³-hybridized carbons (Fsp3) is 0.545. The lowest BCUT2D eigenvalue weighted by Gasteiger charge is -2.44. The van der Waals surface area contributed by atoms with Crippen LogP contribution in [0.15, 0.2) is 30.3 Å². The number of benzene rings is 1. The van der Waals surface area contributed by atoms with Gasteiger partial charge in [0.25, 0.3) is 5.91 Å². The lowest BCUT2D eigenvalue weighted by molar-refractivity contribution is 0.0574. The van der Waals surface area contributed by atoms with Crippen LogP contribution in [0.2, 0.25) is 0 Å². The molecule has 2 atom stereocenters. The van der Waals surface area contributed by atoms with Gasteiger partial charge in [-0.1, -0.05) is 18.6 Å². The molecule has 1 amide bonds. The van der Waals surface area contributed by atoms with Gasteiger partial charge >= 0.3 is 0 Å². The Morgan fingerprint density at radius 1 is 1.21 bits per heavy atom. The molecule has 4 rings (SSSR count). The normalized spacial score (nSPS) is 22.5. The number of fused-ring (bicyclic) bond motifs is 1. The van der Waals surface area contributed by atoms with Crippen molar-refractivity contribution in [3.8, 4) is 17.0 Å². The molecule has 0 saturated carbocycles. The molecule has 2 fully saturated rings. The Balaban J connectivity index is 1.44. The zero-order valence-electron chi connectivity index (χ0n) is 16.9. The third kappa shape index (κ3) is 3.78. The standard InChI is InChI=1S/C22H30N4O2/c1-25-20(14-18(24-25)17-9-3-4-11-21(17)28-2)22(27)23-15-16-8-7-13-26-12-6-5-10-19(16)26/h3-4,9,11,14,16,19H,5-8,10,12-13,15H2,1-2H3,(H,23,27)/t16-,19+/m1/s1. The summed E-state index contributed by atoms with van der Waals surface area (Å²) in [5, 5.41) is 7.72. The van der Waals surface area contributed by atoms with Gasteiger partial charge in [-0.25, -0.2) is 0 Å². The number of ether oxygens (including phenoxy) is 1. The maximum Gasteiger partial charge on any atom is 0.269 e. The van der Waals surface area contributed by atoms with Crippen LogP contribution in [0.25, 0.3) is 11.3 Å². The van der Waals surface area contributed by atoms with Crippen molar-refractivity contribution in [3.05, 3.63) is 36.0 Å². The summed E-state index contributed by atoms with van der Waals surface area (Å²) in [4.78, 5) is 15.5. The summed E-state index contributed by atoms with van der Waals surface area (Å²) in [6.07, 6.45) is 6.34. The first-order chi connectivity index (χ1) is 13.7. The van der Waals surface area contributed by atoms with Crippen LogP contribution < -0.4 is 10.1 Å². The Kier molecular flexibility index (Phi) is 5.67. The van der Waals surface area contributed by atoms with E-state index >= 15 is 0 Å². The minimum Gasteiger partial charge on any atom is -0.496 e. The number of amides is 1. The molecular formula is C22H30N4O2. The van der Waals surface area contributed by atoms with E-state index in [2.05, 4.69) is 15.3 Å². The number of piperidine rings is 2. The average Bonchev–Trinajstić information content (AvgIpc) is 3.13. The number of nitrogens with zero attached hydrogens (tertiary/aromatic N) is 3. The minimum absolute atomic E-state index is 0.0518. The van der Waals surface area contributed by atoms with Crippen molar-refractivity contribution in [1.82, 2.24) is 20.0 Å². The van der Waals surface area contributed by atoms with Crippen LogP contribution in [-0.2, 0) is 7.05 Å². The molecular weight excluding hydrogens is 352 g/mol. The summed E-state index contributed by atoms with van der Waals surface area (Å²) in [5.41, 5.74) is 2.23. The SMILES string of the molecule is COc1ccccc1-c1cc(C(=O)NC[C@H]2CCCN3CCCC[C@@H]23)n(C)n1. The van der Waals surface area contributed by atoms with E-state index in [0.717, 1.165) is 23.6 Å². The molecule has 3 heterocycles. The molecule has 1 aromatic heterocycles. The highest BCUT2D eigenvalue weighted by Gasteiger charge is 2.33. The maximum atomic E-state index is 12.9. The van der Waals surface area contributed by atoms with Crippen molar-refractivity contribution in [2.75, 3.05) is 26.7 Å². The van der Waals surface area contributed by atoms with Gasteiger partial charge in [-0.3, -0.25) is 9.48 Å². The van der Waals surface area contributed by atoms with Crippen LogP contribution in [0.4, 0.5) is 0 Å². The topological polar surface area (TPSA) is 59.4 Å². The van der Waals surface area contributed by atoms with Gasteiger partial charge in [0.1, 0.15) is 11.4 Å². The molecule has 0 radical (unpaired) electrons. The van der Waals surface area contributed by atoms with Crippen molar-refractivity contribution in [1.29, 1.82) is 0 Å². The van der Waals surface area contributed by atoms with Gasteiger partial charge in [-0.15, -0.1) is 0 Å². The number of methoxy groups -OCH3 is 1. The zero-order chi connectivity index (χ0) is 19.5. The zero-order valence-corrected chi connectivity index (χ0v) is 16.9. The van der Waals surface area contributed by atoms with Gasteiger partial charge in [-0.05, 0) is 62.9 Å². The molecule has 2 aliphatic heterocycles. The second-order valence-electron chi connectivity index (χ2n) is 7.95. The highest BCUT2D eigenvalue weighted by atomic mass is 16.5. The van der Waals surface area contributed by atoms with Crippen molar-refractivity contribution in [2.45, 2.75) is 38.1 Å². The van der Waals surface area contributed by atoms with E-state index in [1.54, 1.807) is 11.8 Å². The molecule has 1 aromatic carbocycles. The molecule has 0 aliphatic carbocycles. The van der Waals surface area contributed by atoms with E-state index in [0.29, 0.717) is 17.7 Å². The number of hydrogen-bond donors (Lipinski definition) is 1. The summed E-state index contributed by atoms with van der Waals surface area (Å²) < 4.78 is 7.09. The lowest BCUT2D eigenvalue weighted by atomic mass is 9.83. The highest BCUT2D eigenvalue weighted by Crippen LogP contribution is 2.31. The first kappa shape index (κ1) is 19.0. The summed E-state index contributed by atoms with van der Waals surface area (Å²) in [5.74, 6) is 1.26. The van der Waals surface area contributed by atoms with Crippen LogP contribution in [0.5, 0.6) is 5.75 Å². The van der Waals surface area contributed by atoms with Gasteiger partial charge in [0.2, 0.25) is 0 Å². The number of aromatic nitrogens is 2. The Bertz CT molecular complexity index is 830. The van der Waals surface area contributed by atoms with Crippen LogP contribution in [0, 0.1) is 5.92 Å². The largest absolute Gasteiger partial charge is 0.496 e. The van der Waals surface area contributed by atoms with E-state index in [9.17, 15) is 4.79 Å². The first-order valence-electron chi connectivity index (χ1n) is 10.4. The average molecular weight is 383 g/mol. The van der Waals surface area contributed by atoms with Crippen molar-refractivity contribution < 1.29 is 9.53 Å². The third-order valence-electron chi connectivity index (χ3n) is 6.25. The Labute approximate surface area is 166 Å². The molecule has 0 spiro atoms. The Hall–Kier alpha value is -2.34. The van der Waals surface area contributed by atoms with Gasteiger partial charge < -0.3 is 15.0 Å². The highest BCUT2D eigenvalue weighted by molar-refractivity contribution is 5.93. The summed E-state index contributed by atoms with van der Waals surface area (Å²) in [6.45, 7) is 3.19. The number of para-hydroxylation sites is 1. The smallest absolute Gasteiger partial charge is 0.269 e. The quantitative estimate of drug-likeness (QED) is 0.863. The van der Waals surface area contributed by atoms with Gasteiger partial charge in [0, 0.05) is 25.2 Å². The molecule has 6 nitrogen and oxygen atoms in total. The van der Waals surface area contributed by atoms with E-state index < -0.39 is 0 Å². The second-order valence-corrected chi connectivity index (χ2v) is 7.95. The molecule has 2 aliphatic rings. The van der Waals surface area contributed by atoms with Gasteiger partial charge in [0.15, 0.2) is 0 Å². The number of hydrogen-bond acceptors (Lipinski definition) is 4.